The molecule has 0 aliphatic heterocycles. The van der Waals surface area contributed by atoms with Gasteiger partial charge in [0.05, 0.1) is 11.1 Å². The van der Waals surface area contributed by atoms with Crippen molar-refractivity contribution in [2.24, 2.45) is 0 Å². The largest absolute Gasteiger partial charge is 0.478 e. The molecule has 0 unspecified atom stereocenters. The number of hydrogen-bond donors (Lipinski definition) is 1. The second-order valence-electron chi connectivity index (χ2n) is 7.54. The average molecular weight is 409 g/mol. The number of amides is 1. The normalized spacial score (nSPS) is 11.8. The maximum atomic E-state index is 12.8. The Bertz CT molecular complexity index is 871. The number of carboxylic acid groups (broad SMARTS) is 1. The Kier molecular flexibility index (Phi) is 6.56. The summed E-state index contributed by atoms with van der Waals surface area (Å²) in [5.74, 6) is -1.10. The van der Waals surface area contributed by atoms with Gasteiger partial charge in [0.1, 0.15) is 5.60 Å². The maximum absolute atomic E-state index is 12.8. The minimum atomic E-state index is -4.44. The van der Waals surface area contributed by atoms with Gasteiger partial charge in [-0.2, -0.15) is 13.2 Å². The van der Waals surface area contributed by atoms with Crippen molar-refractivity contribution in [3.63, 3.8) is 0 Å². The van der Waals surface area contributed by atoms with E-state index in [0.717, 1.165) is 12.1 Å². The molecule has 2 aromatic carbocycles. The summed E-state index contributed by atoms with van der Waals surface area (Å²) in [5, 5.41) is 9.14. The van der Waals surface area contributed by atoms with E-state index in [-0.39, 0.29) is 18.7 Å². The second-order valence-corrected chi connectivity index (χ2v) is 7.54. The van der Waals surface area contributed by atoms with Crippen LogP contribution in [0.15, 0.2) is 48.5 Å². The minimum Gasteiger partial charge on any atom is -0.478 e. The van der Waals surface area contributed by atoms with Crippen molar-refractivity contribution in [2.45, 2.75) is 45.6 Å². The van der Waals surface area contributed by atoms with E-state index in [9.17, 15) is 22.8 Å². The van der Waals surface area contributed by atoms with Crippen molar-refractivity contribution in [1.82, 2.24) is 4.90 Å². The molecule has 0 heterocycles. The summed E-state index contributed by atoms with van der Waals surface area (Å²) in [6.07, 6.45) is -5.10. The molecule has 1 N–H and O–H groups in total. The molecule has 0 aromatic heterocycles. The van der Waals surface area contributed by atoms with Gasteiger partial charge in [0.15, 0.2) is 0 Å². The lowest BCUT2D eigenvalue weighted by Gasteiger charge is -2.28. The highest BCUT2D eigenvalue weighted by molar-refractivity contribution is 5.87. The van der Waals surface area contributed by atoms with E-state index in [2.05, 4.69) is 0 Å². The molecule has 2 rings (SSSR count). The number of nitrogens with zero attached hydrogens (tertiary/aromatic N) is 1. The monoisotopic (exact) mass is 409 g/mol. The van der Waals surface area contributed by atoms with Crippen LogP contribution in [0.5, 0.6) is 0 Å². The molecule has 2 aromatic rings. The van der Waals surface area contributed by atoms with Gasteiger partial charge in [-0.05, 0) is 56.2 Å². The zero-order chi connectivity index (χ0) is 21.8. The molecule has 0 radical (unpaired) electrons. The quantitative estimate of drug-likeness (QED) is 0.724. The predicted octanol–water partition coefficient (Wildman–Crippen LogP) is 5.34. The third-order valence-electron chi connectivity index (χ3n) is 3.85. The standard InChI is InChI=1S/C21H22F3NO4/c1-20(2,3)29-19(28)25(13-15-5-4-6-16(11-15)18(26)27)12-14-7-9-17(10-8-14)21(22,23)24/h4-11H,12-13H2,1-3H3,(H,26,27). The lowest BCUT2D eigenvalue weighted by atomic mass is 10.1. The van der Waals surface area contributed by atoms with Crippen molar-refractivity contribution in [3.8, 4) is 0 Å². The third kappa shape index (κ3) is 6.81. The van der Waals surface area contributed by atoms with Crippen LogP contribution in [0.3, 0.4) is 0 Å². The number of aromatic carboxylic acids is 1. The topological polar surface area (TPSA) is 66.8 Å². The Balaban J connectivity index is 2.26. The average Bonchev–Trinajstić information content (AvgIpc) is 2.59. The molecule has 0 atom stereocenters. The molecule has 156 valence electrons. The number of rotatable bonds is 5. The van der Waals surface area contributed by atoms with Crippen LogP contribution in [0.2, 0.25) is 0 Å². The fourth-order valence-electron chi connectivity index (χ4n) is 2.55. The molecular weight excluding hydrogens is 387 g/mol. The van der Waals surface area contributed by atoms with Crippen LogP contribution >= 0.6 is 0 Å². The number of ether oxygens (including phenoxy) is 1. The molecule has 1 amide bonds. The smallest absolute Gasteiger partial charge is 0.416 e. The molecule has 0 spiro atoms. The van der Waals surface area contributed by atoms with E-state index in [4.69, 9.17) is 9.84 Å². The molecule has 5 nitrogen and oxygen atoms in total. The van der Waals surface area contributed by atoms with Gasteiger partial charge in [-0.1, -0.05) is 24.3 Å². The first-order valence-corrected chi connectivity index (χ1v) is 8.81. The van der Waals surface area contributed by atoms with Crippen molar-refractivity contribution < 1.29 is 32.6 Å². The SMILES string of the molecule is CC(C)(C)OC(=O)N(Cc1ccc(C(F)(F)F)cc1)Cc1cccc(C(=O)O)c1. The first-order valence-electron chi connectivity index (χ1n) is 8.81. The van der Waals surface area contributed by atoms with Crippen molar-refractivity contribution in [2.75, 3.05) is 0 Å². The summed E-state index contributed by atoms with van der Waals surface area (Å²) >= 11 is 0. The minimum absolute atomic E-state index is 0.00432. The van der Waals surface area contributed by atoms with Crippen LogP contribution in [0, 0.1) is 0 Å². The predicted molar refractivity (Wildman–Crippen MR) is 100 cm³/mol. The number of hydrogen-bond acceptors (Lipinski definition) is 3. The summed E-state index contributed by atoms with van der Waals surface area (Å²) < 4.78 is 43.7. The van der Waals surface area contributed by atoms with Crippen LogP contribution in [0.25, 0.3) is 0 Å². The van der Waals surface area contributed by atoms with Crippen molar-refractivity contribution in [3.05, 3.63) is 70.8 Å². The van der Waals surface area contributed by atoms with Gasteiger partial charge in [-0.15, -0.1) is 0 Å². The van der Waals surface area contributed by atoms with Gasteiger partial charge in [0.2, 0.25) is 0 Å². The number of carboxylic acids is 1. The van der Waals surface area contributed by atoms with E-state index < -0.39 is 29.4 Å². The Labute approximate surface area is 166 Å². The van der Waals surface area contributed by atoms with Crippen LogP contribution in [-0.4, -0.2) is 27.7 Å². The van der Waals surface area contributed by atoms with E-state index in [1.165, 1.54) is 29.2 Å². The second kappa shape index (κ2) is 8.55. The molecular formula is C21H22F3NO4. The molecule has 0 aliphatic carbocycles. The highest BCUT2D eigenvalue weighted by Gasteiger charge is 2.30. The number of alkyl halides is 3. The molecule has 0 aliphatic rings. The Morgan fingerprint density at radius 2 is 1.55 bits per heavy atom. The van der Waals surface area contributed by atoms with Gasteiger partial charge in [0.25, 0.3) is 0 Å². The first-order chi connectivity index (χ1) is 13.3. The third-order valence-corrected chi connectivity index (χ3v) is 3.85. The van der Waals surface area contributed by atoms with E-state index >= 15 is 0 Å². The Morgan fingerprint density at radius 3 is 2.07 bits per heavy atom. The number of carbonyl (C=O) groups is 2. The zero-order valence-electron chi connectivity index (χ0n) is 16.3. The Hall–Kier alpha value is -3.03. The lowest BCUT2D eigenvalue weighted by Crippen LogP contribution is -2.36. The molecule has 0 bridgehead atoms. The molecule has 0 saturated carbocycles. The zero-order valence-corrected chi connectivity index (χ0v) is 16.3. The van der Waals surface area contributed by atoms with Crippen LogP contribution in [0.1, 0.15) is 47.8 Å². The summed E-state index contributed by atoms with van der Waals surface area (Å²) in [6.45, 7) is 5.15. The highest BCUT2D eigenvalue weighted by atomic mass is 19.4. The van der Waals surface area contributed by atoms with Gasteiger partial charge in [0, 0.05) is 13.1 Å². The number of carbonyl (C=O) groups excluding carboxylic acids is 1. The molecule has 29 heavy (non-hydrogen) atoms. The van der Waals surface area contributed by atoms with E-state index in [0.29, 0.717) is 11.1 Å². The fourth-order valence-corrected chi connectivity index (χ4v) is 2.55. The highest BCUT2D eigenvalue weighted by Crippen LogP contribution is 2.29. The van der Waals surface area contributed by atoms with Gasteiger partial charge < -0.3 is 9.84 Å². The summed E-state index contributed by atoms with van der Waals surface area (Å²) in [6, 6.07) is 10.6. The molecule has 8 heteroatoms. The molecule has 0 saturated heterocycles. The van der Waals surface area contributed by atoms with Crippen LogP contribution in [0.4, 0.5) is 18.0 Å². The van der Waals surface area contributed by atoms with Crippen LogP contribution in [-0.2, 0) is 24.0 Å². The number of halogens is 3. The van der Waals surface area contributed by atoms with Crippen molar-refractivity contribution in [1.29, 1.82) is 0 Å². The molecule has 0 fully saturated rings. The summed E-state index contributed by atoms with van der Waals surface area (Å²) in [4.78, 5) is 25.1. The van der Waals surface area contributed by atoms with Gasteiger partial charge in [-0.25, -0.2) is 9.59 Å². The summed E-state index contributed by atoms with van der Waals surface area (Å²) in [7, 11) is 0. The van der Waals surface area contributed by atoms with Crippen molar-refractivity contribution >= 4 is 12.1 Å². The van der Waals surface area contributed by atoms with Gasteiger partial charge >= 0.3 is 18.2 Å². The number of benzene rings is 2. The first kappa shape index (κ1) is 22.3. The van der Waals surface area contributed by atoms with E-state index in [1.54, 1.807) is 32.9 Å². The van der Waals surface area contributed by atoms with Gasteiger partial charge in [-0.3, -0.25) is 4.90 Å². The lowest BCUT2D eigenvalue weighted by molar-refractivity contribution is -0.137. The maximum Gasteiger partial charge on any atom is 0.416 e. The summed E-state index contributed by atoms with van der Waals surface area (Å²) in [5.41, 5.74) is -0.431. The van der Waals surface area contributed by atoms with E-state index in [1.807, 2.05) is 0 Å². The van der Waals surface area contributed by atoms with Crippen LogP contribution < -0.4 is 0 Å². The Morgan fingerprint density at radius 1 is 0.966 bits per heavy atom. The fraction of sp³-hybridized carbons (Fsp3) is 0.333.